The van der Waals surface area contributed by atoms with Crippen molar-refractivity contribution in [3.8, 4) is 0 Å². The van der Waals surface area contributed by atoms with Gasteiger partial charge in [0, 0.05) is 24.2 Å². The van der Waals surface area contributed by atoms with Gasteiger partial charge in [0.25, 0.3) is 5.91 Å². The maximum atomic E-state index is 13.1. The molecule has 0 radical (unpaired) electrons. The fourth-order valence-electron chi connectivity index (χ4n) is 3.35. The molecule has 1 saturated heterocycles. The Kier molecular flexibility index (Phi) is 5.41. The second-order valence-electron chi connectivity index (χ2n) is 6.69. The number of hydrogen-bond donors (Lipinski definition) is 0. The van der Waals surface area contributed by atoms with Gasteiger partial charge in [0.2, 0.25) is 0 Å². The maximum absolute atomic E-state index is 13.1. The summed E-state index contributed by atoms with van der Waals surface area (Å²) in [4.78, 5) is 28.3. The number of esters is 1. The molecular formula is C20H21N3O3S2. The Balaban J connectivity index is 1.58. The number of aryl methyl sites for hydroxylation is 1. The molecule has 0 saturated carbocycles. The van der Waals surface area contributed by atoms with Crippen LogP contribution < -0.4 is 0 Å². The van der Waals surface area contributed by atoms with E-state index in [4.69, 9.17) is 4.74 Å². The van der Waals surface area contributed by atoms with Crippen molar-refractivity contribution >= 4 is 45.2 Å². The van der Waals surface area contributed by atoms with Crippen molar-refractivity contribution in [3.63, 3.8) is 0 Å². The molecule has 0 unspecified atom stereocenters. The van der Waals surface area contributed by atoms with Gasteiger partial charge in [0.1, 0.15) is 10.1 Å². The van der Waals surface area contributed by atoms with Crippen LogP contribution in [0.2, 0.25) is 0 Å². The van der Waals surface area contributed by atoms with E-state index in [1.165, 1.54) is 24.0 Å². The molecule has 0 spiro atoms. The van der Waals surface area contributed by atoms with E-state index in [1.54, 1.807) is 16.7 Å². The number of thiophene rings is 1. The second kappa shape index (κ2) is 7.97. The number of thioether (sulfide) groups is 1. The number of amides is 1. The van der Waals surface area contributed by atoms with E-state index in [-0.39, 0.29) is 17.1 Å². The summed E-state index contributed by atoms with van der Waals surface area (Å²) in [6.07, 6.45) is 0. The lowest BCUT2D eigenvalue weighted by Gasteiger charge is -2.30. The molecule has 1 fully saturated rings. The van der Waals surface area contributed by atoms with Crippen LogP contribution in [0.25, 0.3) is 10.2 Å². The molecule has 0 aliphatic carbocycles. The minimum Gasteiger partial charge on any atom is -0.468 e. The number of aromatic nitrogens is 2. The van der Waals surface area contributed by atoms with Crippen LogP contribution in [-0.2, 0) is 16.1 Å². The summed E-state index contributed by atoms with van der Waals surface area (Å²) in [6.45, 7) is 3.67. The first-order chi connectivity index (χ1) is 13.6. The van der Waals surface area contributed by atoms with E-state index in [0.717, 1.165) is 21.7 Å². The monoisotopic (exact) mass is 415 g/mol. The summed E-state index contributed by atoms with van der Waals surface area (Å²) < 4.78 is 6.80. The average molecular weight is 416 g/mol. The topological polar surface area (TPSA) is 64.4 Å². The van der Waals surface area contributed by atoms with Crippen LogP contribution in [0.1, 0.15) is 20.9 Å². The molecule has 146 valence electrons. The molecule has 28 heavy (non-hydrogen) atoms. The van der Waals surface area contributed by atoms with E-state index in [0.29, 0.717) is 24.5 Å². The van der Waals surface area contributed by atoms with Crippen molar-refractivity contribution in [1.29, 1.82) is 0 Å². The standard InChI is InChI=1S/C20H21N3O3S2/c1-13-15-10-16(18(24)22-8-9-27-17(12-22)20(25)26-2)28-19(15)23(21-13)11-14-6-4-3-5-7-14/h3-7,10,17H,8-9,11-12H2,1-2H3/t17-/m1/s1. The molecule has 1 aliphatic heterocycles. The Morgan fingerprint density at radius 2 is 2.07 bits per heavy atom. The predicted molar refractivity (Wildman–Crippen MR) is 112 cm³/mol. The molecule has 1 atom stereocenters. The van der Waals surface area contributed by atoms with Crippen LogP contribution >= 0.6 is 23.1 Å². The highest BCUT2D eigenvalue weighted by atomic mass is 32.2. The number of ether oxygens (including phenoxy) is 1. The van der Waals surface area contributed by atoms with Gasteiger partial charge in [-0.15, -0.1) is 23.1 Å². The quantitative estimate of drug-likeness (QED) is 0.613. The van der Waals surface area contributed by atoms with Crippen LogP contribution in [0.4, 0.5) is 0 Å². The second-order valence-corrected chi connectivity index (χ2v) is 9.03. The summed E-state index contributed by atoms with van der Waals surface area (Å²) in [6, 6.07) is 12.1. The summed E-state index contributed by atoms with van der Waals surface area (Å²) in [5, 5.41) is 5.34. The molecule has 1 aliphatic rings. The minimum atomic E-state index is -0.313. The zero-order valence-corrected chi connectivity index (χ0v) is 17.4. The lowest BCUT2D eigenvalue weighted by molar-refractivity contribution is -0.140. The average Bonchev–Trinajstić information content (AvgIpc) is 3.29. The summed E-state index contributed by atoms with van der Waals surface area (Å²) in [5.41, 5.74) is 2.09. The Labute approximate surface area is 171 Å². The molecule has 4 rings (SSSR count). The largest absolute Gasteiger partial charge is 0.468 e. The third-order valence-electron chi connectivity index (χ3n) is 4.81. The van der Waals surface area contributed by atoms with Crippen molar-refractivity contribution in [1.82, 2.24) is 14.7 Å². The highest BCUT2D eigenvalue weighted by molar-refractivity contribution is 8.00. The predicted octanol–water partition coefficient (Wildman–Crippen LogP) is 3.19. The summed E-state index contributed by atoms with van der Waals surface area (Å²) in [5.74, 6) is 0.436. The van der Waals surface area contributed by atoms with Crippen molar-refractivity contribution in [3.05, 3.63) is 52.5 Å². The van der Waals surface area contributed by atoms with E-state index >= 15 is 0 Å². The lowest BCUT2D eigenvalue weighted by atomic mass is 10.2. The molecule has 6 nitrogen and oxygen atoms in total. The van der Waals surface area contributed by atoms with Gasteiger partial charge in [-0.1, -0.05) is 30.3 Å². The van der Waals surface area contributed by atoms with Crippen LogP contribution in [0.15, 0.2) is 36.4 Å². The highest BCUT2D eigenvalue weighted by Crippen LogP contribution is 2.31. The number of carbonyl (C=O) groups excluding carboxylic acids is 2. The third kappa shape index (κ3) is 3.66. The van der Waals surface area contributed by atoms with Gasteiger partial charge in [-0.2, -0.15) is 5.10 Å². The Morgan fingerprint density at radius 1 is 1.29 bits per heavy atom. The zero-order chi connectivity index (χ0) is 19.7. The normalized spacial score (nSPS) is 17.1. The van der Waals surface area contributed by atoms with Crippen molar-refractivity contribution in [2.24, 2.45) is 0 Å². The fourth-order valence-corrected chi connectivity index (χ4v) is 5.60. The number of carbonyl (C=O) groups is 2. The minimum absolute atomic E-state index is 0.0268. The van der Waals surface area contributed by atoms with Crippen molar-refractivity contribution in [2.45, 2.75) is 18.7 Å². The lowest BCUT2D eigenvalue weighted by Crippen LogP contribution is -2.44. The first-order valence-corrected chi connectivity index (χ1v) is 10.9. The molecule has 0 bridgehead atoms. The number of rotatable bonds is 4. The smallest absolute Gasteiger partial charge is 0.320 e. The number of nitrogens with zero attached hydrogens (tertiary/aromatic N) is 3. The van der Waals surface area contributed by atoms with Crippen LogP contribution in [-0.4, -0.2) is 57.8 Å². The number of methoxy groups -OCH3 is 1. The van der Waals surface area contributed by atoms with Gasteiger partial charge in [-0.25, -0.2) is 0 Å². The Hall–Kier alpha value is -2.32. The number of hydrogen-bond acceptors (Lipinski definition) is 6. The Bertz CT molecular complexity index is 1010. The maximum Gasteiger partial charge on any atom is 0.320 e. The molecule has 3 heterocycles. The Morgan fingerprint density at radius 3 is 2.82 bits per heavy atom. The van der Waals surface area contributed by atoms with Crippen LogP contribution in [0.3, 0.4) is 0 Å². The highest BCUT2D eigenvalue weighted by Gasteiger charge is 2.31. The van der Waals surface area contributed by atoms with Gasteiger partial charge in [0.05, 0.1) is 24.2 Å². The molecule has 3 aromatic rings. The summed E-state index contributed by atoms with van der Waals surface area (Å²) >= 11 is 3.01. The fraction of sp³-hybridized carbons (Fsp3) is 0.350. The first kappa shape index (κ1) is 19.0. The van der Waals surface area contributed by atoms with E-state index in [2.05, 4.69) is 17.2 Å². The van der Waals surface area contributed by atoms with Crippen molar-refractivity contribution in [2.75, 3.05) is 26.0 Å². The van der Waals surface area contributed by atoms with Gasteiger partial charge >= 0.3 is 5.97 Å². The third-order valence-corrected chi connectivity index (χ3v) is 7.11. The molecule has 0 N–H and O–H groups in total. The molecule has 1 aromatic carbocycles. The van der Waals surface area contributed by atoms with E-state index in [9.17, 15) is 9.59 Å². The molecule has 1 amide bonds. The first-order valence-electron chi connectivity index (χ1n) is 9.06. The van der Waals surface area contributed by atoms with Crippen molar-refractivity contribution < 1.29 is 14.3 Å². The van der Waals surface area contributed by atoms with Gasteiger partial charge < -0.3 is 9.64 Å². The summed E-state index contributed by atoms with van der Waals surface area (Å²) in [7, 11) is 1.39. The van der Waals surface area contributed by atoms with Gasteiger partial charge in [0.15, 0.2) is 0 Å². The van der Waals surface area contributed by atoms with Gasteiger partial charge in [-0.3, -0.25) is 14.3 Å². The number of benzene rings is 1. The zero-order valence-electron chi connectivity index (χ0n) is 15.8. The molecular weight excluding hydrogens is 394 g/mol. The van der Waals surface area contributed by atoms with E-state index < -0.39 is 0 Å². The number of fused-ring (bicyclic) bond motifs is 1. The SMILES string of the molecule is COC(=O)[C@H]1CN(C(=O)c2cc3c(C)nn(Cc4ccccc4)c3s2)CCS1. The van der Waals surface area contributed by atoms with Crippen LogP contribution in [0.5, 0.6) is 0 Å². The molecule has 8 heteroatoms. The van der Waals surface area contributed by atoms with E-state index in [1.807, 2.05) is 35.9 Å². The van der Waals surface area contributed by atoms with Crippen LogP contribution in [0, 0.1) is 6.92 Å². The molecule has 2 aromatic heterocycles. The van der Waals surface area contributed by atoms with Gasteiger partial charge in [-0.05, 0) is 18.6 Å².